The van der Waals surface area contributed by atoms with E-state index in [9.17, 15) is 61.5 Å². The monoisotopic (exact) mass is 404 g/mol. The molecular weight excluding hydrogens is 402 g/mol. The van der Waals surface area contributed by atoms with Gasteiger partial charge in [-0.15, -0.1) is 0 Å². The Balaban J connectivity index is -0.00000102. The number of rotatable bonds is 3. The van der Waals surface area contributed by atoms with Gasteiger partial charge in [0.05, 0.1) is 0 Å². The molecule has 0 fully saturated rings. The van der Waals surface area contributed by atoms with Gasteiger partial charge in [-0.1, -0.05) is 10.2 Å². The topological polar surface area (TPSA) is 82.9 Å². The minimum atomic E-state index is -8.04. The van der Waals surface area contributed by atoms with Crippen LogP contribution in [0.2, 0.25) is 0 Å². The summed E-state index contributed by atoms with van der Waals surface area (Å²) in [6, 6.07) is 0. The smallest absolute Gasteiger partial charge is 0.412 e. The van der Waals surface area contributed by atoms with Crippen LogP contribution in [0.1, 0.15) is 0 Å². The van der Waals surface area contributed by atoms with Gasteiger partial charge in [-0.3, -0.25) is 0 Å². The van der Waals surface area contributed by atoms with E-state index in [1.807, 2.05) is 0 Å². The molecule has 0 bridgehead atoms. The number of alkyl halides is 14. The molecule has 0 saturated heterocycles. The second-order valence-corrected chi connectivity index (χ2v) is 3.36. The second kappa shape index (κ2) is 7.09. The van der Waals surface area contributed by atoms with Gasteiger partial charge >= 0.3 is 36.0 Å². The zero-order valence-electron chi connectivity index (χ0n) is 10.0. The standard InChI is InChI=1S/C6F14.O3.H2O/c7-1(8,3(11,12)5(15,16)17)2(9,10)4(13,14)6(18,19)20;1-3-2;/h;;1H2. The van der Waals surface area contributed by atoms with E-state index in [0.717, 1.165) is 0 Å². The Kier molecular flexibility index (Phi) is 8.05. The zero-order chi connectivity index (χ0) is 19.7. The molecule has 0 saturated carbocycles. The van der Waals surface area contributed by atoms with E-state index < -0.39 is 36.0 Å². The fraction of sp³-hybridized carbons (Fsp3) is 1.00. The van der Waals surface area contributed by atoms with Crippen LogP contribution in [0.3, 0.4) is 0 Å². The normalized spacial score (nSPS) is 14.2. The van der Waals surface area contributed by atoms with Crippen molar-refractivity contribution in [2.45, 2.75) is 36.0 Å². The van der Waals surface area contributed by atoms with Gasteiger partial charge in [-0.25, -0.2) is 0 Å². The van der Waals surface area contributed by atoms with E-state index in [2.05, 4.69) is 0 Å². The minimum absolute atomic E-state index is 0. The Bertz CT molecular complexity index is 372. The summed E-state index contributed by atoms with van der Waals surface area (Å²) in [6.45, 7) is 0. The Hall–Kier alpha value is -1.62. The van der Waals surface area contributed by atoms with Crippen LogP contribution in [0.4, 0.5) is 61.5 Å². The van der Waals surface area contributed by atoms with Crippen molar-refractivity contribution in [2.24, 2.45) is 0 Å². The van der Waals surface area contributed by atoms with E-state index in [-0.39, 0.29) is 5.48 Å². The number of hydrogen-bond acceptors (Lipinski definition) is 2. The zero-order valence-corrected chi connectivity index (χ0v) is 10.0. The first kappa shape index (κ1) is 27.2. The molecule has 0 amide bonds. The molecule has 0 spiro atoms. The highest BCUT2D eigenvalue weighted by atomic mass is 19.4. The summed E-state index contributed by atoms with van der Waals surface area (Å²) in [5, 5.41) is 7.88. The summed E-state index contributed by atoms with van der Waals surface area (Å²) >= 11 is 0. The summed E-state index contributed by atoms with van der Waals surface area (Å²) in [4.78, 5) is 7.88. The van der Waals surface area contributed by atoms with E-state index in [1.54, 1.807) is 4.75 Å². The molecule has 0 heterocycles. The van der Waals surface area contributed by atoms with Crippen LogP contribution < -0.4 is 5.26 Å². The molecule has 0 aliphatic rings. The Morgan fingerprint density at radius 2 is 0.625 bits per heavy atom. The van der Waals surface area contributed by atoms with Crippen LogP contribution in [-0.4, -0.2) is 41.5 Å². The van der Waals surface area contributed by atoms with Gasteiger partial charge in [-0.2, -0.15) is 61.5 Å². The van der Waals surface area contributed by atoms with Gasteiger partial charge in [0, 0.05) is 0 Å². The van der Waals surface area contributed by atoms with E-state index in [1.165, 1.54) is 0 Å². The highest BCUT2D eigenvalue weighted by Gasteiger charge is 2.91. The van der Waals surface area contributed by atoms with Crippen molar-refractivity contribution in [3.05, 3.63) is 9.71 Å². The van der Waals surface area contributed by atoms with Crippen LogP contribution in [0, 0.1) is 9.71 Å². The van der Waals surface area contributed by atoms with Gasteiger partial charge in [0.15, 0.2) is 4.75 Å². The van der Waals surface area contributed by atoms with Crippen molar-refractivity contribution < 1.29 is 72.2 Å². The first-order chi connectivity index (χ1) is 9.66. The molecule has 4 nitrogen and oxygen atoms in total. The number of hydrogen-bond donors (Lipinski definition) is 0. The third kappa shape index (κ3) is 4.07. The molecule has 0 rings (SSSR count). The molecule has 0 aromatic rings. The average molecular weight is 404 g/mol. The van der Waals surface area contributed by atoms with Crippen molar-refractivity contribution in [1.82, 2.24) is 0 Å². The Morgan fingerprint density at radius 1 is 0.500 bits per heavy atom. The van der Waals surface area contributed by atoms with Crippen LogP contribution in [0.25, 0.3) is 0 Å². The Morgan fingerprint density at radius 3 is 0.708 bits per heavy atom. The van der Waals surface area contributed by atoms with Crippen molar-refractivity contribution in [1.29, 1.82) is 0 Å². The average Bonchev–Trinajstić information content (AvgIpc) is 2.26. The first-order valence-electron chi connectivity index (χ1n) is 4.23. The predicted octanol–water partition coefficient (Wildman–Crippen LogP) is 2.71. The predicted molar refractivity (Wildman–Crippen MR) is 42.2 cm³/mol. The summed E-state index contributed by atoms with van der Waals surface area (Å²) in [5.74, 6) is -31.7. The van der Waals surface area contributed by atoms with Gasteiger partial charge in [0.1, 0.15) is 0 Å². The molecule has 24 heavy (non-hydrogen) atoms. The molecular formula is C6H2F14O4. The van der Waals surface area contributed by atoms with E-state index >= 15 is 0 Å². The summed E-state index contributed by atoms with van der Waals surface area (Å²) in [5.41, 5.74) is 0. The number of halogens is 14. The molecule has 2 N–H and O–H groups in total. The quantitative estimate of drug-likeness (QED) is 0.314. The lowest BCUT2D eigenvalue weighted by atomic mass is 9.98. The highest BCUT2D eigenvalue weighted by Crippen LogP contribution is 2.60. The maximum atomic E-state index is 12.3. The third-order valence-corrected chi connectivity index (χ3v) is 1.90. The largest absolute Gasteiger partial charge is 0.460 e. The summed E-state index contributed by atoms with van der Waals surface area (Å²) in [6.07, 6.45) is -15.0. The van der Waals surface area contributed by atoms with Crippen LogP contribution in [0.15, 0.2) is 0 Å². The molecule has 0 radical (unpaired) electrons. The SMILES string of the molecule is FC(F)(F)C(F)(F)C(F)(F)C(F)(F)C(F)(F)C(F)(F)F.O.O=[O+][O-]. The van der Waals surface area contributed by atoms with E-state index in [4.69, 9.17) is 10.2 Å². The fourth-order valence-corrected chi connectivity index (χ4v) is 0.750. The summed E-state index contributed by atoms with van der Waals surface area (Å²) in [7, 11) is 0. The molecule has 0 atom stereocenters. The highest BCUT2D eigenvalue weighted by molar-refractivity contribution is 5.08. The van der Waals surface area contributed by atoms with Crippen LogP contribution in [-0.2, 0) is 0 Å². The molecule has 0 unspecified atom stereocenters. The molecule has 0 aromatic carbocycles. The van der Waals surface area contributed by atoms with Gasteiger partial charge in [0.2, 0.25) is 0 Å². The van der Waals surface area contributed by atoms with Crippen molar-refractivity contribution >= 4 is 0 Å². The third-order valence-electron chi connectivity index (χ3n) is 1.90. The van der Waals surface area contributed by atoms with Gasteiger partial charge in [0.25, 0.3) is 0 Å². The van der Waals surface area contributed by atoms with Gasteiger partial charge in [-0.05, 0) is 0 Å². The lowest BCUT2D eigenvalue weighted by Crippen LogP contribution is -2.69. The van der Waals surface area contributed by atoms with Crippen molar-refractivity contribution in [3.63, 3.8) is 0 Å². The van der Waals surface area contributed by atoms with E-state index in [0.29, 0.717) is 0 Å². The van der Waals surface area contributed by atoms with Crippen molar-refractivity contribution in [3.8, 4) is 0 Å². The van der Waals surface area contributed by atoms with Crippen LogP contribution in [0.5, 0.6) is 0 Å². The molecule has 18 heteroatoms. The molecule has 148 valence electrons. The lowest BCUT2D eigenvalue weighted by Gasteiger charge is -2.37. The Labute approximate surface area is 119 Å². The molecule has 0 aliphatic heterocycles. The second-order valence-electron chi connectivity index (χ2n) is 3.36. The van der Waals surface area contributed by atoms with Gasteiger partial charge < -0.3 is 5.48 Å². The maximum absolute atomic E-state index is 12.3. The van der Waals surface area contributed by atoms with Crippen molar-refractivity contribution in [2.75, 3.05) is 0 Å². The minimum Gasteiger partial charge on any atom is -0.412 e. The van der Waals surface area contributed by atoms with Crippen LogP contribution >= 0.6 is 0 Å². The fourth-order valence-electron chi connectivity index (χ4n) is 0.750. The first-order valence-corrected chi connectivity index (χ1v) is 4.23. The lowest BCUT2D eigenvalue weighted by molar-refractivity contribution is -0.451. The maximum Gasteiger partial charge on any atom is 0.460 e. The summed E-state index contributed by atoms with van der Waals surface area (Å²) < 4.78 is 168. The molecule has 0 aromatic heterocycles. The molecule has 0 aliphatic carbocycles.